The van der Waals surface area contributed by atoms with Gasteiger partial charge in [0.2, 0.25) is 11.8 Å². The maximum Gasteiger partial charge on any atom is 0.412 e. The first-order chi connectivity index (χ1) is 12.1. The summed E-state index contributed by atoms with van der Waals surface area (Å²) in [5.74, 6) is -1.72. The smallest absolute Gasteiger partial charge is 0.340 e. The first-order valence-electron chi connectivity index (χ1n) is 7.79. The molecular weight excluding hydrogens is 347 g/mol. The van der Waals surface area contributed by atoms with E-state index < -0.39 is 30.5 Å². The molecule has 0 radical (unpaired) electrons. The lowest BCUT2D eigenvalue weighted by Crippen LogP contribution is -2.39. The van der Waals surface area contributed by atoms with Crippen LogP contribution in [0.25, 0.3) is 0 Å². The molecule has 5 nitrogen and oxygen atoms in total. The summed E-state index contributed by atoms with van der Waals surface area (Å²) in [5, 5.41) is 4.36. The topological polar surface area (TPSA) is 71.1 Å². The standard InChI is InChI=1S/C18H18F3N3O2/c1-11-6-12(2)8-14(7-11)23-15(25)9-16(26)24-17(18(19,20)21)13-4-3-5-22-10-13/h3-8,10,17H,9H2,1-2H3,(H,23,25)(H,24,26). The van der Waals surface area contributed by atoms with Gasteiger partial charge in [-0.05, 0) is 43.2 Å². The third-order valence-electron chi connectivity index (χ3n) is 3.48. The Morgan fingerprint density at radius 3 is 2.31 bits per heavy atom. The minimum Gasteiger partial charge on any atom is -0.340 e. The van der Waals surface area contributed by atoms with E-state index in [0.717, 1.165) is 17.3 Å². The molecule has 1 heterocycles. The largest absolute Gasteiger partial charge is 0.412 e. The van der Waals surface area contributed by atoms with E-state index in [0.29, 0.717) is 5.69 Å². The molecule has 2 rings (SSSR count). The minimum absolute atomic E-state index is 0.205. The van der Waals surface area contributed by atoms with Crippen molar-refractivity contribution in [3.63, 3.8) is 0 Å². The number of halogens is 3. The molecule has 26 heavy (non-hydrogen) atoms. The second kappa shape index (κ2) is 7.99. The number of alkyl halides is 3. The highest BCUT2D eigenvalue weighted by Crippen LogP contribution is 2.32. The molecule has 1 aromatic heterocycles. The van der Waals surface area contributed by atoms with Crippen LogP contribution in [0, 0.1) is 13.8 Å². The summed E-state index contributed by atoms with van der Waals surface area (Å²) in [5.41, 5.74) is 2.11. The molecule has 0 saturated heterocycles. The van der Waals surface area contributed by atoms with Crippen LogP contribution in [0.1, 0.15) is 29.2 Å². The molecule has 1 unspecified atom stereocenters. The quantitative estimate of drug-likeness (QED) is 0.798. The van der Waals surface area contributed by atoms with Gasteiger partial charge in [0.05, 0.1) is 0 Å². The van der Waals surface area contributed by atoms with Crippen LogP contribution < -0.4 is 10.6 Å². The maximum absolute atomic E-state index is 13.2. The third-order valence-corrected chi connectivity index (χ3v) is 3.48. The lowest BCUT2D eigenvalue weighted by molar-refractivity contribution is -0.163. The highest BCUT2D eigenvalue weighted by Gasteiger charge is 2.42. The molecule has 0 aliphatic rings. The number of aryl methyl sites for hydroxylation is 2. The Morgan fingerprint density at radius 1 is 1.12 bits per heavy atom. The van der Waals surface area contributed by atoms with Crippen molar-refractivity contribution >= 4 is 17.5 Å². The van der Waals surface area contributed by atoms with Gasteiger partial charge in [-0.3, -0.25) is 14.6 Å². The normalized spacial score (nSPS) is 12.3. The molecule has 0 aliphatic heterocycles. The van der Waals surface area contributed by atoms with Gasteiger partial charge >= 0.3 is 6.18 Å². The predicted molar refractivity (Wildman–Crippen MR) is 90.3 cm³/mol. The molecule has 0 spiro atoms. The van der Waals surface area contributed by atoms with E-state index in [2.05, 4.69) is 10.3 Å². The van der Waals surface area contributed by atoms with E-state index in [4.69, 9.17) is 0 Å². The first kappa shape index (κ1) is 19.4. The van der Waals surface area contributed by atoms with Crippen LogP contribution in [0.2, 0.25) is 0 Å². The highest BCUT2D eigenvalue weighted by atomic mass is 19.4. The van der Waals surface area contributed by atoms with E-state index in [1.54, 1.807) is 12.1 Å². The highest BCUT2D eigenvalue weighted by molar-refractivity contribution is 6.03. The third kappa shape index (κ3) is 5.58. The lowest BCUT2D eigenvalue weighted by Gasteiger charge is -2.21. The average molecular weight is 365 g/mol. The van der Waals surface area contributed by atoms with Crippen molar-refractivity contribution in [1.82, 2.24) is 10.3 Å². The van der Waals surface area contributed by atoms with Crippen molar-refractivity contribution in [2.45, 2.75) is 32.5 Å². The summed E-state index contributed by atoms with van der Waals surface area (Å²) in [7, 11) is 0. The van der Waals surface area contributed by atoms with Crippen LogP contribution in [-0.2, 0) is 9.59 Å². The number of aromatic nitrogens is 1. The summed E-state index contributed by atoms with van der Waals surface area (Å²) in [6.07, 6.45) is -3.08. The Balaban J connectivity index is 2.02. The van der Waals surface area contributed by atoms with Crippen LogP contribution >= 0.6 is 0 Å². The maximum atomic E-state index is 13.2. The Labute approximate surface area is 148 Å². The molecule has 138 valence electrons. The Bertz CT molecular complexity index is 772. The molecule has 0 aliphatic carbocycles. The number of nitrogens with zero attached hydrogens (tertiary/aromatic N) is 1. The second-order valence-electron chi connectivity index (χ2n) is 5.93. The Morgan fingerprint density at radius 2 is 1.77 bits per heavy atom. The first-order valence-corrected chi connectivity index (χ1v) is 7.79. The Kier molecular flexibility index (Phi) is 5.97. The fourth-order valence-electron chi connectivity index (χ4n) is 2.51. The fraction of sp³-hybridized carbons (Fsp3) is 0.278. The molecule has 2 amide bonds. The van der Waals surface area contributed by atoms with Crippen molar-refractivity contribution in [2.75, 3.05) is 5.32 Å². The average Bonchev–Trinajstić information content (AvgIpc) is 2.51. The number of hydrogen-bond donors (Lipinski definition) is 2. The number of nitrogens with one attached hydrogen (secondary N) is 2. The Hall–Kier alpha value is -2.90. The minimum atomic E-state index is -4.71. The zero-order valence-corrected chi connectivity index (χ0v) is 14.2. The van der Waals surface area contributed by atoms with Crippen LogP contribution in [0.3, 0.4) is 0 Å². The molecule has 2 N–H and O–H groups in total. The number of carbonyl (C=O) groups is 2. The van der Waals surface area contributed by atoms with Gasteiger partial charge in [0.15, 0.2) is 6.04 Å². The molecule has 0 bridgehead atoms. The van der Waals surface area contributed by atoms with Gasteiger partial charge < -0.3 is 10.6 Å². The van der Waals surface area contributed by atoms with Crippen molar-refractivity contribution in [1.29, 1.82) is 0 Å². The summed E-state index contributed by atoms with van der Waals surface area (Å²) < 4.78 is 39.6. The van der Waals surface area contributed by atoms with Crippen molar-refractivity contribution in [3.05, 3.63) is 59.4 Å². The number of rotatable bonds is 5. The summed E-state index contributed by atoms with van der Waals surface area (Å²) >= 11 is 0. The van der Waals surface area contributed by atoms with Crippen molar-refractivity contribution in [2.24, 2.45) is 0 Å². The van der Waals surface area contributed by atoms with E-state index in [1.807, 2.05) is 25.2 Å². The van der Waals surface area contributed by atoms with Crippen LogP contribution in [0.5, 0.6) is 0 Å². The van der Waals surface area contributed by atoms with Gasteiger partial charge in [-0.1, -0.05) is 12.1 Å². The fourth-order valence-corrected chi connectivity index (χ4v) is 2.51. The summed E-state index contributed by atoms with van der Waals surface area (Å²) in [4.78, 5) is 27.5. The van der Waals surface area contributed by atoms with E-state index >= 15 is 0 Å². The number of carbonyl (C=O) groups excluding carboxylic acids is 2. The van der Waals surface area contributed by atoms with E-state index in [9.17, 15) is 22.8 Å². The van der Waals surface area contributed by atoms with E-state index in [-0.39, 0.29) is 5.56 Å². The van der Waals surface area contributed by atoms with Gasteiger partial charge in [-0.15, -0.1) is 0 Å². The molecule has 0 saturated carbocycles. The second-order valence-corrected chi connectivity index (χ2v) is 5.93. The number of benzene rings is 1. The van der Waals surface area contributed by atoms with E-state index in [1.165, 1.54) is 18.3 Å². The van der Waals surface area contributed by atoms with Crippen LogP contribution in [0.15, 0.2) is 42.7 Å². The molecule has 1 aromatic carbocycles. The van der Waals surface area contributed by atoms with Gasteiger partial charge in [-0.25, -0.2) is 0 Å². The summed E-state index contributed by atoms with van der Waals surface area (Å²) in [6.45, 7) is 3.69. The van der Waals surface area contributed by atoms with Gasteiger partial charge in [-0.2, -0.15) is 13.2 Å². The number of anilines is 1. The molecular formula is C18H18F3N3O2. The van der Waals surface area contributed by atoms with Gasteiger partial charge in [0.1, 0.15) is 6.42 Å². The monoisotopic (exact) mass is 365 g/mol. The van der Waals surface area contributed by atoms with Gasteiger partial charge in [0.25, 0.3) is 0 Å². The predicted octanol–water partition coefficient (Wildman–Crippen LogP) is 3.45. The SMILES string of the molecule is Cc1cc(C)cc(NC(=O)CC(=O)NC(c2cccnc2)C(F)(F)F)c1. The van der Waals surface area contributed by atoms with Crippen LogP contribution in [0.4, 0.5) is 18.9 Å². The molecule has 0 fully saturated rings. The van der Waals surface area contributed by atoms with Crippen molar-refractivity contribution in [3.8, 4) is 0 Å². The van der Waals surface area contributed by atoms with Crippen LogP contribution in [-0.4, -0.2) is 23.0 Å². The lowest BCUT2D eigenvalue weighted by atomic mass is 10.1. The van der Waals surface area contributed by atoms with Crippen molar-refractivity contribution < 1.29 is 22.8 Å². The molecule has 1 atom stereocenters. The number of pyridine rings is 1. The molecule has 8 heteroatoms. The molecule has 2 aromatic rings. The number of amides is 2. The van der Waals surface area contributed by atoms with Gasteiger partial charge in [0, 0.05) is 23.6 Å². The summed E-state index contributed by atoms with van der Waals surface area (Å²) in [6, 6.07) is 5.64. The zero-order chi connectivity index (χ0) is 19.3. The zero-order valence-electron chi connectivity index (χ0n) is 14.2. The number of hydrogen-bond acceptors (Lipinski definition) is 3.